The predicted octanol–water partition coefficient (Wildman–Crippen LogP) is 1.77. The number of nitrogens with zero attached hydrogens (tertiary/aromatic N) is 2. The van der Waals surface area contributed by atoms with Crippen LogP contribution in [-0.2, 0) is 14.8 Å². The lowest BCUT2D eigenvalue weighted by Crippen LogP contribution is -2.52. The Balaban J connectivity index is 2.15. The highest BCUT2D eigenvalue weighted by Gasteiger charge is 2.33. The molecule has 24 heavy (non-hydrogen) atoms. The maximum atomic E-state index is 12.7. The number of Topliss-reactive ketones (excluding diaryl/α,β-unsaturated/α-hetero) is 1. The fourth-order valence-electron chi connectivity index (χ4n) is 2.63. The fraction of sp³-hybridized carbons (Fsp3) is 0.529. The monoisotopic (exact) mass is 352 g/mol. The Morgan fingerprint density at radius 3 is 2.12 bits per heavy atom. The fourth-order valence-corrected chi connectivity index (χ4v) is 4.10. The predicted molar refractivity (Wildman–Crippen MR) is 91.2 cm³/mol. The molecule has 1 amide bonds. The SMILES string of the molecule is CC(=O)c1cccc(S(=O)(=O)N2CCN(C(=O)C(C)(C)C)CC2)c1. The summed E-state index contributed by atoms with van der Waals surface area (Å²) in [7, 11) is -3.66. The van der Waals surface area contributed by atoms with E-state index in [1.807, 2.05) is 20.8 Å². The maximum absolute atomic E-state index is 12.7. The summed E-state index contributed by atoms with van der Waals surface area (Å²) in [6.07, 6.45) is 0. The molecule has 1 aromatic carbocycles. The number of rotatable bonds is 3. The lowest BCUT2D eigenvalue weighted by atomic mass is 9.94. The van der Waals surface area contributed by atoms with E-state index in [0.29, 0.717) is 18.7 Å². The lowest BCUT2D eigenvalue weighted by Gasteiger charge is -2.37. The molecule has 1 saturated heterocycles. The molecular formula is C17H24N2O4S. The van der Waals surface area contributed by atoms with Gasteiger partial charge in [-0.1, -0.05) is 32.9 Å². The molecule has 1 aliphatic heterocycles. The molecule has 6 nitrogen and oxygen atoms in total. The molecule has 0 atom stereocenters. The molecule has 0 bridgehead atoms. The highest BCUT2D eigenvalue weighted by Crippen LogP contribution is 2.22. The van der Waals surface area contributed by atoms with Crippen LogP contribution < -0.4 is 0 Å². The van der Waals surface area contributed by atoms with Crippen molar-refractivity contribution in [3.05, 3.63) is 29.8 Å². The van der Waals surface area contributed by atoms with Crippen LogP contribution >= 0.6 is 0 Å². The zero-order valence-corrected chi connectivity index (χ0v) is 15.4. The van der Waals surface area contributed by atoms with E-state index in [2.05, 4.69) is 0 Å². The summed E-state index contributed by atoms with van der Waals surface area (Å²) in [5, 5.41) is 0. The average Bonchev–Trinajstić information content (AvgIpc) is 2.53. The number of carbonyl (C=O) groups is 2. The summed E-state index contributed by atoms with van der Waals surface area (Å²) in [5.74, 6) is -0.147. The van der Waals surface area contributed by atoms with Gasteiger partial charge in [-0.05, 0) is 19.1 Å². The largest absolute Gasteiger partial charge is 0.340 e. The Kier molecular flexibility index (Phi) is 5.15. The second kappa shape index (κ2) is 6.64. The Bertz CT molecular complexity index is 742. The summed E-state index contributed by atoms with van der Waals surface area (Å²) in [5.41, 5.74) is -0.103. The topological polar surface area (TPSA) is 74.8 Å². The molecule has 1 fully saturated rings. The van der Waals surface area contributed by atoms with E-state index in [9.17, 15) is 18.0 Å². The molecule has 1 aromatic rings. The number of sulfonamides is 1. The molecule has 1 aliphatic rings. The summed E-state index contributed by atoms with van der Waals surface area (Å²) < 4.78 is 26.9. The van der Waals surface area contributed by atoms with Crippen molar-refractivity contribution in [1.82, 2.24) is 9.21 Å². The molecule has 7 heteroatoms. The number of amides is 1. The van der Waals surface area contributed by atoms with Gasteiger partial charge >= 0.3 is 0 Å². The van der Waals surface area contributed by atoms with Crippen LogP contribution in [0.5, 0.6) is 0 Å². The minimum atomic E-state index is -3.66. The van der Waals surface area contributed by atoms with Crippen LogP contribution in [0, 0.1) is 5.41 Å². The van der Waals surface area contributed by atoms with E-state index in [0.717, 1.165) is 0 Å². The summed E-state index contributed by atoms with van der Waals surface area (Å²) >= 11 is 0. The molecule has 0 aromatic heterocycles. The minimum absolute atomic E-state index is 0.0260. The Labute approximate surface area is 143 Å². The number of carbonyl (C=O) groups excluding carboxylic acids is 2. The van der Waals surface area contributed by atoms with Gasteiger partial charge in [-0.2, -0.15) is 4.31 Å². The van der Waals surface area contributed by atoms with Gasteiger partial charge in [0, 0.05) is 37.2 Å². The first-order valence-corrected chi connectivity index (χ1v) is 9.38. The van der Waals surface area contributed by atoms with Gasteiger partial charge in [0.1, 0.15) is 0 Å². The van der Waals surface area contributed by atoms with Gasteiger partial charge in [-0.15, -0.1) is 0 Å². The molecule has 0 spiro atoms. The van der Waals surface area contributed by atoms with Gasteiger partial charge in [0.15, 0.2) is 5.78 Å². The smallest absolute Gasteiger partial charge is 0.243 e. The van der Waals surface area contributed by atoms with Crippen molar-refractivity contribution >= 4 is 21.7 Å². The van der Waals surface area contributed by atoms with Crippen LogP contribution in [0.2, 0.25) is 0 Å². The van der Waals surface area contributed by atoms with E-state index < -0.39 is 15.4 Å². The first kappa shape index (κ1) is 18.6. The van der Waals surface area contributed by atoms with Crippen LogP contribution in [-0.4, -0.2) is 55.5 Å². The Morgan fingerprint density at radius 1 is 1.04 bits per heavy atom. The standard InChI is InChI=1S/C17H24N2O4S/c1-13(20)14-6-5-7-15(12-14)24(22,23)19-10-8-18(9-11-19)16(21)17(2,3)4/h5-7,12H,8-11H2,1-4H3. The minimum Gasteiger partial charge on any atom is -0.340 e. The zero-order chi connectivity index (χ0) is 18.1. The molecule has 132 valence electrons. The third kappa shape index (κ3) is 3.84. The Morgan fingerprint density at radius 2 is 1.62 bits per heavy atom. The first-order chi connectivity index (χ1) is 11.0. The van der Waals surface area contributed by atoms with Crippen LogP contribution in [0.4, 0.5) is 0 Å². The normalized spacial score (nSPS) is 16.9. The van der Waals surface area contributed by atoms with Gasteiger partial charge in [-0.25, -0.2) is 8.42 Å². The van der Waals surface area contributed by atoms with Gasteiger partial charge in [0.05, 0.1) is 4.90 Å². The van der Waals surface area contributed by atoms with Crippen LogP contribution in [0.15, 0.2) is 29.2 Å². The van der Waals surface area contributed by atoms with Gasteiger partial charge in [-0.3, -0.25) is 9.59 Å². The van der Waals surface area contributed by atoms with E-state index in [1.165, 1.54) is 23.4 Å². The van der Waals surface area contributed by atoms with Crippen molar-refractivity contribution in [2.45, 2.75) is 32.6 Å². The van der Waals surface area contributed by atoms with Gasteiger partial charge < -0.3 is 4.90 Å². The molecule has 2 rings (SSSR count). The van der Waals surface area contributed by atoms with Crippen molar-refractivity contribution in [1.29, 1.82) is 0 Å². The van der Waals surface area contributed by atoms with Crippen molar-refractivity contribution in [3.63, 3.8) is 0 Å². The van der Waals surface area contributed by atoms with Crippen LogP contribution in [0.25, 0.3) is 0 Å². The molecular weight excluding hydrogens is 328 g/mol. The second-order valence-electron chi connectivity index (χ2n) is 7.03. The van der Waals surface area contributed by atoms with Crippen molar-refractivity contribution in [2.24, 2.45) is 5.41 Å². The van der Waals surface area contributed by atoms with Gasteiger partial charge in [0.2, 0.25) is 15.9 Å². The summed E-state index contributed by atoms with van der Waals surface area (Å²) in [4.78, 5) is 25.6. The molecule has 1 heterocycles. The number of ketones is 1. The molecule has 0 aliphatic carbocycles. The van der Waals surface area contributed by atoms with E-state index in [-0.39, 0.29) is 29.7 Å². The third-order valence-electron chi connectivity index (χ3n) is 4.05. The second-order valence-corrected chi connectivity index (χ2v) is 8.97. The molecule has 0 N–H and O–H groups in total. The summed E-state index contributed by atoms with van der Waals surface area (Å²) in [6, 6.07) is 6.07. The zero-order valence-electron chi connectivity index (χ0n) is 14.6. The number of benzene rings is 1. The first-order valence-electron chi connectivity index (χ1n) is 7.94. The average molecular weight is 352 g/mol. The maximum Gasteiger partial charge on any atom is 0.243 e. The van der Waals surface area contributed by atoms with Gasteiger partial charge in [0.25, 0.3) is 0 Å². The number of piperazine rings is 1. The van der Waals surface area contributed by atoms with Crippen molar-refractivity contribution in [3.8, 4) is 0 Å². The van der Waals surface area contributed by atoms with Crippen LogP contribution in [0.1, 0.15) is 38.1 Å². The lowest BCUT2D eigenvalue weighted by molar-refractivity contribution is -0.140. The Hall–Kier alpha value is -1.73. The van der Waals surface area contributed by atoms with Crippen molar-refractivity contribution < 1.29 is 18.0 Å². The quantitative estimate of drug-likeness (QED) is 0.777. The van der Waals surface area contributed by atoms with Crippen molar-refractivity contribution in [2.75, 3.05) is 26.2 Å². The van der Waals surface area contributed by atoms with E-state index in [1.54, 1.807) is 17.0 Å². The molecule has 0 saturated carbocycles. The highest BCUT2D eigenvalue weighted by molar-refractivity contribution is 7.89. The highest BCUT2D eigenvalue weighted by atomic mass is 32.2. The summed E-state index contributed by atoms with van der Waals surface area (Å²) in [6.45, 7) is 8.23. The molecule has 0 radical (unpaired) electrons. The van der Waals surface area contributed by atoms with E-state index >= 15 is 0 Å². The number of hydrogen-bond acceptors (Lipinski definition) is 4. The molecule has 0 unspecified atom stereocenters. The third-order valence-corrected chi connectivity index (χ3v) is 5.94. The number of hydrogen-bond donors (Lipinski definition) is 0. The van der Waals surface area contributed by atoms with Crippen LogP contribution in [0.3, 0.4) is 0 Å². The van der Waals surface area contributed by atoms with E-state index in [4.69, 9.17) is 0 Å².